The molecule has 1 spiro atoms. The Hall–Kier alpha value is -1.06. The maximum atomic E-state index is 11.4. The van der Waals surface area contributed by atoms with Gasteiger partial charge in [-0.2, -0.15) is 0 Å². The van der Waals surface area contributed by atoms with E-state index in [2.05, 4.69) is 5.32 Å². The highest BCUT2D eigenvalue weighted by Gasteiger charge is 2.39. The fraction of sp³-hybridized carbons (Fsp3) is 0.867. The molecule has 0 aromatic heterocycles. The zero-order valence-electron chi connectivity index (χ0n) is 11.7. The summed E-state index contributed by atoms with van der Waals surface area (Å²) in [6, 6.07) is 0. The summed E-state index contributed by atoms with van der Waals surface area (Å²) in [6.45, 7) is 0.745. The summed E-state index contributed by atoms with van der Waals surface area (Å²) in [5.41, 5.74) is 5.73. The molecule has 2 fully saturated rings. The van der Waals surface area contributed by atoms with Crippen LogP contribution in [0.15, 0.2) is 0 Å². The molecule has 0 heterocycles. The molecule has 0 radical (unpaired) electrons. The molecule has 0 aromatic carbocycles. The van der Waals surface area contributed by atoms with Crippen molar-refractivity contribution in [2.24, 2.45) is 17.1 Å². The zero-order chi connectivity index (χ0) is 13.7. The first-order chi connectivity index (χ1) is 9.10. The molecule has 2 rings (SSSR count). The second-order valence-corrected chi connectivity index (χ2v) is 6.40. The van der Waals surface area contributed by atoms with Gasteiger partial charge in [-0.15, -0.1) is 0 Å². The number of carbonyl (C=O) groups is 2. The first-order valence-electron chi connectivity index (χ1n) is 7.65. The minimum atomic E-state index is -0.409. The Morgan fingerprint density at radius 1 is 1.11 bits per heavy atom. The second-order valence-electron chi connectivity index (χ2n) is 6.40. The van der Waals surface area contributed by atoms with Crippen molar-refractivity contribution in [2.75, 3.05) is 6.54 Å². The monoisotopic (exact) mass is 266 g/mol. The molecular formula is C15H26N2O2. The van der Waals surface area contributed by atoms with Crippen LogP contribution in [-0.2, 0) is 9.59 Å². The molecular weight excluding hydrogens is 240 g/mol. The van der Waals surface area contributed by atoms with E-state index >= 15 is 0 Å². The Morgan fingerprint density at radius 2 is 1.79 bits per heavy atom. The van der Waals surface area contributed by atoms with Gasteiger partial charge in [0.1, 0.15) is 0 Å². The summed E-state index contributed by atoms with van der Waals surface area (Å²) in [4.78, 5) is 22.0. The molecule has 0 saturated heterocycles. The summed E-state index contributed by atoms with van der Waals surface area (Å²) in [6.07, 6.45) is 11.2. The minimum Gasteiger partial charge on any atom is -0.370 e. The van der Waals surface area contributed by atoms with Crippen LogP contribution in [0.4, 0.5) is 0 Å². The van der Waals surface area contributed by atoms with Gasteiger partial charge in [-0.1, -0.05) is 6.42 Å². The van der Waals surface area contributed by atoms with Gasteiger partial charge >= 0.3 is 0 Å². The van der Waals surface area contributed by atoms with Crippen molar-refractivity contribution < 1.29 is 9.59 Å². The quantitative estimate of drug-likeness (QED) is 0.773. The van der Waals surface area contributed by atoms with Crippen molar-refractivity contribution in [3.05, 3.63) is 0 Å². The summed E-state index contributed by atoms with van der Waals surface area (Å²) < 4.78 is 0. The average molecular weight is 266 g/mol. The van der Waals surface area contributed by atoms with Crippen LogP contribution in [0.2, 0.25) is 0 Å². The maximum Gasteiger partial charge on any atom is 0.220 e. The molecule has 2 amide bonds. The van der Waals surface area contributed by atoms with Gasteiger partial charge in [-0.05, 0) is 56.3 Å². The molecule has 3 N–H and O–H groups in total. The number of primary amides is 1. The minimum absolute atomic E-state index is 0.0509. The number of carbonyl (C=O) groups excluding carboxylic acids is 2. The van der Waals surface area contributed by atoms with Crippen molar-refractivity contribution in [1.82, 2.24) is 5.32 Å². The van der Waals surface area contributed by atoms with Crippen LogP contribution in [0.25, 0.3) is 0 Å². The number of nitrogens with one attached hydrogen (secondary N) is 1. The van der Waals surface area contributed by atoms with E-state index in [1.54, 1.807) is 0 Å². The van der Waals surface area contributed by atoms with Gasteiger partial charge in [-0.25, -0.2) is 0 Å². The molecule has 0 unspecified atom stereocenters. The van der Waals surface area contributed by atoms with Gasteiger partial charge in [0.05, 0.1) is 0 Å². The second kappa shape index (κ2) is 6.40. The first-order valence-corrected chi connectivity index (χ1v) is 7.65. The summed E-state index contributed by atoms with van der Waals surface area (Å²) in [5, 5.41) is 2.89. The van der Waals surface area contributed by atoms with E-state index in [4.69, 9.17) is 5.73 Å². The smallest absolute Gasteiger partial charge is 0.220 e. The normalized spacial score (nSPS) is 21.9. The highest BCUT2D eigenvalue weighted by atomic mass is 16.2. The molecule has 19 heavy (non-hydrogen) atoms. The molecule has 108 valence electrons. The molecule has 4 nitrogen and oxygen atoms in total. The van der Waals surface area contributed by atoms with Gasteiger partial charge in [0.2, 0.25) is 11.8 Å². The van der Waals surface area contributed by atoms with Crippen LogP contribution in [0.3, 0.4) is 0 Å². The number of rotatable bonds is 6. The van der Waals surface area contributed by atoms with E-state index in [1.165, 1.54) is 44.9 Å². The predicted molar refractivity (Wildman–Crippen MR) is 74.3 cm³/mol. The molecule has 0 atom stereocenters. The lowest BCUT2D eigenvalue weighted by molar-refractivity contribution is -0.125. The molecule has 2 aliphatic rings. The van der Waals surface area contributed by atoms with E-state index < -0.39 is 5.91 Å². The average Bonchev–Trinajstić information content (AvgIpc) is 2.35. The Labute approximate surface area is 115 Å². The number of hydrogen-bond acceptors (Lipinski definition) is 2. The lowest BCUT2D eigenvalue weighted by atomic mass is 9.59. The van der Waals surface area contributed by atoms with E-state index in [0.717, 1.165) is 24.3 Å². The standard InChI is InChI=1S/C15H26N2O2/c16-13(18)2-3-14(19)17-11-6-12-4-9-15(10-5-12)7-1-8-15/h12H,1-11H2,(H2,16,18)(H,17,19). The van der Waals surface area contributed by atoms with Crippen molar-refractivity contribution in [1.29, 1.82) is 0 Å². The van der Waals surface area contributed by atoms with Crippen LogP contribution < -0.4 is 11.1 Å². The number of nitrogens with two attached hydrogens (primary N) is 1. The third-order valence-corrected chi connectivity index (χ3v) is 5.05. The van der Waals surface area contributed by atoms with Gasteiger partial charge in [0.25, 0.3) is 0 Å². The highest BCUT2D eigenvalue weighted by molar-refractivity contribution is 5.82. The third kappa shape index (κ3) is 4.22. The van der Waals surface area contributed by atoms with Crippen LogP contribution >= 0.6 is 0 Å². The Balaban J connectivity index is 1.54. The Kier molecular flexibility index (Phi) is 4.83. The van der Waals surface area contributed by atoms with E-state index in [0.29, 0.717) is 0 Å². The molecule has 4 heteroatoms. The Bertz CT molecular complexity index is 327. The van der Waals surface area contributed by atoms with E-state index in [-0.39, 0.29) is 18.7 Å². The number of hydrogen-bond donors (Lipinski definition) is 2. The van der Waals surface area contributed by atoms with E-state index in [1.807, 2.05) is 0 Å². The fourth-order valence-electron chi connectivity index (χ4n) is 3.50. The van der Waals surface area contributed by atoms with Crippen molar-refractivity contribution >= 4 is 11.8 Å². The zero-order valence-corrected chi connectivity index (χ0v) is 11.7. The van der Waals surface area contributed by atoms with Crippen LogP contribution in [-0.4, -0.2) is 18.4 Å². The summed E-state index contributed by atoms with van der Waals surface area (Å²) in [7, 11) is 0. The molecule has 0 bridgehead atoms. The predicted octanol–water partition coefficient (Wildman–Crippen LogP) is 2.12. The van der Waals surface area contributed by atoms with Crippen LogP contribution in [0.5, 0.6) is 0 Å². The molecule has 0 aromatic rings. The lowest BCUT2D eigenvalue weighted by Gasteiger charge is -2.47. The molecule has 2 aliphatic carbocycles. The SMILES string of the molecule is NC(=O)CCC(=O)NCCC1CCC2(CCC2)CC1. The highest BCUT2D eigenvalue weighted by Crippen LogP contribution is 2.52. The number of amides is 2. The first kappa shape index (κ1) is 14.4. The van der Waals surface area contributed by atoms with Gasteiger partial charge in [-0.3, -0.25) is 9.59 Å². The molecule has 0 aliphatic heterocycles. The maximum absolute atomic E-state index is 11.4. The van der Waals surface area contributed by atoms with Crippen molar-refractivity contribution in [3.8, 4) is 0 Å². The van der Waals surface area contributed by atoms with Gasteiger partial charge < -0.3 is 11.1 Å². The topological polar surface area (TPSA) is 72.2 Å². The van der Waals surface area contributed by atoms with Crippen molar-refractivity contribution in [2.45, 2.75) is 64.2 Å². The van der Waals surface area contributed by atoms with E-state index in [9.17, 15) is 9.59 Å². The van der Waals surface area contributed by atoms with Crippen LogP contribution in [0, 0.1) is 11.3 Å². The lowest BCUT2D eigenvalue weighted by Crippen LogP contribution is -2.35. The van der Waals surface area contributed by atoms with Crippen LogP contribution in [0.1, 0.15) is 64.2 Å². The summed E-state index contributed by atoms with van der Waals surface area (Å²) in [5.74, 6) is 0.320. The van der Waals surface area contributed by atoms with Gasteiger partial charge in [0, 0.05) is 19.4 Å². The molecule has 2 saturated carbocycles. The van der Waals surface area contributed by atoms with Gasteiger partial charge in [0.15, 0.2) is 0 Å². The largest absolute Gasteiger partial charge is 0.370 e. The van der Waals surface area contributed by atoms with Crippen molar-refractivity contribution in [3.63, 3.8) is 0 Å². The summed E-state index contributed by atoms with van der Waals surface area (Å²) >= 11 is 0. The third-order valence-electron chi connectivity index (χ3n) is 5.05. The Morgan fingerprint density at radius 3 is 2.32 bits per heavy atom. The fourth-order valence-corrected chi connectivity index (χ4v) is 3.50.